The molecule has 1 saturated heterocycles. The molecule has 0 radical (unpaired) electrons. The van der Waals surface area contributed by atoms with Gasteiger partial charge in [-0.1, -0.05) is 69.4 Å². The Morgan fingerprint density at radius 1 is 1.00 bits per heavy atom. The van der Waals surface area contributed by atoms with Gasteiger partial charge in [-0.3, -0.25) is 14.4 Å². The maximum atomic E-state index is 14.1. The third kappa shape index (κ3) is 13.9. The summed E-state index contributed by atoms with van der Waals surface area (Å²) in [7, 11) is -3.55. The summed E-state index contributed by atoms with van der Waals surface area (Å²) >= 11 is 0. The van der Waals surface area contributed by atoms with Crippen LogP contribution in [0.2, 0.25) is 0 Å². The Kier molecular flexibility index (Phi) is 16.5. The number of aromatic nitrogens is 2. The molecule has 0 bridgehead atoms. The number of aliphatic hydroxyl groups is 2. The van der Waals surface area contributed by atoms with Crippen LogP contribution in [0.3, 0.4) is 0 Å². The smallest absolute Gasteiger partial charge is 0.243 e. The number of hydrogen-bond acceptors (Lipinski definition) is 9. The van der Waals surface area contributed by atoms with E-state index in [1.165, 1.54) is 6.33 Å². The van der Waals surface area contributed by atoms with E-state index in [1.54, 1.807) is 18.0 Å². The first-order valence-electron chi connectivity index (χ1n) is 18.9. The van der Waals surface area contributed by atoms with Crippen molar-refractivity contribution in [1.29, 1.82) is 0 Å². The molecule has 2 aromatic rings. The van der Waals surface area contributed by atoms with E-state index < -0.39 is 52.0 Å². The average Bonchev–Trinajstić information content (AvgIpc) is 3.64. The lowest BCUT2D eigenvalue weighted by Crippen LogP contribution is -2.55. The van der Waals surface area contributed by atoms with Crippen LogP contribution in [0.4, 0.5) is 0 Å². The van der Waals surface area contributed by atoms with Gasteiger partial charge in [0.2, 0.25) is 27.7 Å². The topological polar surface area (TPSA) is 220 Å². The highest BCUT2D eigenvalue weighted by molar-refractivity contribution is 7.89. The predicted octanol–water partition coefficient (Wildman–Crippen LogP) is 1.53. The zero-order valence-corrected chi connectivity index (χ0v) is 31.2. The Morgan fingerprint density at radius 3 is 2.37 bits per heavy atom. The van der Waals surface area contributed by atoms with Crippen LogP contribution in [0, 0.1) is 11.8 Å². The number of nitrogens with two attached hydrogens (primary N) is 1. The van der Waals surface area contributed by atoms with Crippen molar-refractivity contribution in [2.24, 2.45) is 17.6 Å². The van der Waals surface area contributed by atoms with Gasteiger partial charge in [0, 0.05) is 56.8 Å². The minimum Gasteiger partial charge on any atom is -0.392 e. The molecular formula is C37H59N7O7S. The number of sulfonamides is 1. The molecule has 1 unspecified atom stereocenters. The van der Waals surface area contributed by atoms with Crippen LogP contribution in [0.5, 0.6) is 0 Å². The van der Waals surface area contributed by atoms with Gasteiger partial charge in [0.1, 0.15) is 6.04 Å². The summed E-state index contributed by atoms with van der Waals surface area (Å²) in [5.41, 5.74) is 7.55. The number of amides is 3. The third-order valence-electron chi connectivity index (χ3n) is 10.3. The largest absolute Gasteiger partial charge is 0.392 e. The maximum Gasteiger partial charge on any atom is 0.243 e. The van der Waals surface area contributed by atoms with E-state index in [4.69, 9.17) is 5.73 Å². The van der Waals surface area contributed by atoms with E-state index in [9.17, 15) is 33.0 Å². The number of nitrogens with one attached hydrogen (secondary N) is 4. The molecular weight excluding hydrogens is 687 g/mol. The Hall–Kier alpha value is -3.37. The summed E-state index contributed by atoms with van der Waals surface area (Å²) < 4.78 is 26.7. The molecule has 2 heterocycles. The Bertz CT molecular complexity index is 1480. The molecule has 52 heavy (non-hydrogen) atoms. The van der Waals surface area contributed by atoms with E-state index in [-0.39, 0.29) is 49.4 Å². The van der Waals surface area contributed by atoms with E-state index in [0.717, 1.165) is 37.7 Å². The number of hydrogen-bond donors (Lipinski definition) is 7. The van der Waals surface area contributed by atoms with Gasteiger partial charge in [-0.2, -0.15) is 0 Å². The summed E-state index contributed by atoms with van der Waals surface area (Å²) in [6, 6.07) is 7.67. The number of imidazole rings is 1. The second-order valence-corrected chi connectivity index (χ2v) is 16.6. The first-order chi connectivity index (χ1) is 24.9. The molecule has 2 aliphatic rings. The number of H-pyrrole nitrogens is 1. The van der Waals surface area contributed by atoms with Crippen molar-refractivity contribution in [3.63, 3.8) is 0 Å². The normalized spacial score (nSPS) is 19.0. The van der Waals surface area contributed by atoms with Crippen LogP contribution >= 0.6 is 0 Å². The monoisotopic (exact) mass is 745 g/mol. The number of aromatic amines is 1. The summed E-state index contributed by atoms with van der Waals surface area (Å²) in [5, 5.41) is 28.0. The minimum atomic E-state index is -3.55. The number of aliphatic hydroxyl groups excluding tert-OH is 2. The highest BCUT2D eigenvalue weighted by Crippen LogP contribution is 2.29. The van der Waals surface area contributed by atoms with Crippen molar-refractivity contribution in [3.05, 3.63) is 54.1 Å². The molecule has 4 rings (SSSR count). The fraction of sp³-hybridized carbons (Fsp3) is 0.676. The number of carbonyl (C=O) groups excluding carboxylic acids is 3. The van der Waals surface area contributed by atoms with Crippen LogP contribution < -0.4 is 21.1 Å². The standard InChI is InChI=1S/C37H59N7O7S/c1-2-17-52(50,51)41-24-31(45)22-34(46)32(19-27-11-7-4-8-12-27)42-37(49)33(21-30-23-39-25-40-30)43-36(48)28(18-26-9-5-3-6-10-26)20-35(47)44-15-13-29(38)14-16-44/h3,5-6,9-10,23,25,27-29,31-34,41,45-46H,2,4,7-8,11-22,24,38H2,1H3,(H,39,40)(H,42,49)(H,43,48)/t28?,31-,32-,33-,34-/m0/s1. The van der Waals surface area contributed by atoms with Gasteiger partial charge < -0.3 is 36.5 Å². The minimum absolute atomic E-state index is 0.0305. The van der Waals surface area contributed by atoms with Gasteiger partial charge in [-0.25, -0.2) is 18.1 Å². The number of nitrogens with zero attached hydrogens (tertiary/aromatic N) is 2. The molecule has 3 amide bonds. The molecule has 15 heteroatoms. The molecule has 1 aromatic carbocycles. The number of benzene rings is 1. The van der Waals surface area contributed by atoms with Crippen molar-refractivity contribution in [1.82, 2.24) is 30.2 Å². The highest BCUT2D eigenvalue weighted by atomic mass is 32.2. The van der Waals surface area contributed by atoms with Crippen LogP contribution in [-0.2, 0) is 37.2 Å². The molecule has 290 valence electrons. The zero-order valence-electron chi connectivity index (χ0n) is 30.4. The molecule has 8 N–H and O–H groups in total. The molecule has 14 nitrogen and oxygen atoms in total. The van der Waals surface area contributed by atoms with Crippen molar-refractivity contribution in [3.8, 4) is 0 Å². The molecule has 0 spiro atoms. The lowest BCUT2D eigenvalue weighted by Gasteiger charge is -2.33. The van der Waals surface area contributed by atoms with E-state index in [1.807, 2.05) is 30.3 Å². The van der Waals surface area contributed by atoms with Gasteiger partial charge in [0.15, 0.2) is 0 Å². The summed E-state index contributed by atoms with van der Waals surface area (Å²) in [4.78, 5) is 50.5. The number of likely N-dealkylation sites (tertiary alicyclic amines) is 1. The van der Waals surface area contributed by atoms with Crippen molar-refractivity contribution >= 4 is 27.7 Å². The molecule has 5 atom stereocenters. The Labute approximate surface area is 308 Å². The zero-order chi connectivity index (χ0) is 37.5. The number of piperidine rings is 1. The fourth-order valence-corrected chi connectivity index (χ4v) is 8.36. The number of carbonyl (C=O) groups is 3. The molecule has 1 aromatic heterocycles. The second-order valence-electron chi connectivity index (χ2n) is 14.6. The fourth-order valence-electron chi connectivity index (χ4n) is 7.23. The molecule has 1 aliphatic carbocycles. The Balaban J connectivity index is 1.51. The van der Waals surface area contributed by atoms with Gasteiger partial charge in [0.25, 0.3) is 0 Å². The van der Waals surface area contributed by atoms with Gasteiger partial charge in [0.05, 0.1) is 36.2 Å². The first kappa shape index (κ1) is 41.4. The van der Waals surface area contributed by atoms with Crippen LogP contribution in [0.25, 0.3) is 0 Å². The maximum absolute atomic E-state index is 14.1. The summed E-state index contributed by atoms with van der Waals surface area (Å²) in [5.74, 6) is -1.67. The molecule has 2 fully saturated rings. The van der Waals surface area contributed by atoms with E-state index in [0.29, 0.717) is 50.9 Å². The molecule has 1 aliphatic heterocycles. The van der Waals surface area contributed by atoms with Crippen molar-refractivity contribution in [2.75, 3.05) is 25.4 Å². The van der Waals surface area contributed by atoms with Gasteiger partial charge in [-0.05, 0) is 43.6 Å². The summed E-state index contributed by atoms with van der Waals surface area (Å²) in [6.45, 7) is 2.56. The second kappa shape index (κ2) is 20.8. The summed E-state index contributed by atoms with van der Waals surface area (Å²) in [6.07, 6.45) is 8.31. The van der Waals surface area contributed by atoms with Crippen LogP contribution in [0.1, 0.15) is 88.8 Å². The average molecular weight is 746 g/mol. The lowest BCUT2D eigenvalue weighted by atomic mass is 9.83. The highest BCUT2D eigenvalue weighted by Gasteiger charge is 2.34. The first-order valence-corrected chi connectivity index (χ1v) is 20.6. The number of rotatable bonds is 20. The van der Waals surface area contributed by atoms with Gasteiger partial charge >= 0.3 is 0 Å². The van der Waals surface area contributed by atoms with Crippen LogP contribution in [0.15, 0.2) is 42.9 Å². The van der Waals surface area contributed by atoms with Crippen LogP contribution in [-0.4, -0.2) is 107 Å². The molecule has 1 saturated carbocycles. The SMILES string of the molecule is CCCS(=O)(=O)NC[C@@H](O)C[C@H](O)[C@H](CC1CCCCC1)NC(=O)[C@H](Cc1cnc[nH]1)NC(=O)C(CC(=O)N1CCC(N)CC1)Cc1ccccc1. The third-order valence-corrected chi connectivity index (χ3v) is 11.8. The van der Waals surface area contributed by atoms with E-state index in [2.05, 4.69) is 25.3 Å². The predicted molar refractivity (Wildman–Crippen MR) is 198 cm³/mol. The Morgan fingerprint density at radius 2 is 1.71 bits per heavy atom. The van der Waals surface area contributed by atoms with Crippen molar-refractivity contribution < 1.29 is 33.0 Å². The quantitative estimate of drug-likeness (QED) is 0.104. The van der Waals surface area contributed by atoms with Gasteiger partial charge in [-0.15, -0.1) is 0 Å². The lowest BCUT2D eigenvalue weighted by molar-refractivity contribution is -0.138. The van der Waals surface area contributed by atoms with Crippen molar-refractivity contribution in [2.45, 2.75) is 121 Å². The van der Waals surface area contributed by atoms with E-state index >= 15 is 0 Å².